The number of aromatic nitrogens is 4. The second-order valence-electron chi connectivity index (χ2n) is 7.18. The first-order valence-electron chi connectivity index (χ1n) is 9.95. The molecular weight excluding hydrogens is 368 g/mol. The molecule has 1 aliphatic heterocycles. The predicted molar refractivity (Wildman–Crippen MR) is 111 cm³/mol. The zero-order chi connectivity index (χ0) is 20.2. The van der Waals surface area contributed by atoms with Gasteiger partial charge in [0, 0.05) is 37.9 Å². The Morgan fingerprint density at radius 3 is 2.86 bits per heavy atom. The normalized spacial score (nSPS) is 16.6. The number of carbonyl (C=O) groups is 1. The number of amides is 1. The summed E-state index contributed by atoms with van der Waals surface area (Å²) in [6.07, 6.45) is 3.78. The molecule has 1 fully saturated rings. The van der Waals surface area contributed by atoms with Crippen molar-refractivity contribution < 1.29 is 9.53 Å². The zero-order valence-corrected chi connectivity index (χ0v) is 16.8. The Labute approximate surface area is 169 Å². The molecule has 1 amide bonds. The van der Waals surface area contributed by atoms with Crippen LogP contribution in [-0.4, -0.2) is 52.1 Å². The molecule has 3 aromatic rings. The molecule has 8 nitrogen and oxygen atoms in total. The van der Waals surface area contributed by atoms with Crippen molar-refractivity contribution in [3.63, 3.8) is 0 Å². The number of piperidine rings is 1. The highest BCUT2D eigenvalue weighted by atomic mass is 16.5. The molecule has 0 radical (unpaired) electrons. The van der Waals surface area contributed by atoms with Gasteiger partial charge in [0.1, 0.15) is 11.4 Å². The van der Waals surface area contributed by atoms with E-state index in [1.165, 1.54) is 0 Å². The van der Waals surface area contributed by atoms with Gasteiger partial charge in [-0.05, 0) is 55.7 Å². The van der Waals surface area contributed by atoms with E-state index < -0.39 is 0 Å². The molecule has 29 heavy (non-hydrogen) atoms. The van der Waals surface area contributed by atoms with Crippen molar-refractivity contribution in [1.29, 1.82) is 0 Å². The van der Waals surface area contributed by atoms with Gasteiger partial charge in [-0.3, -0.25) is 14.6 Å². The maximum absolute atomic E-state index is 12.5. The predicted octanol–water partition coefficient (Wildman–Crippen LogP) is 2.70. The highest BCUT2D eigenvalue weighted by Gasteiger charge is 2.24. The van der Waals surface area contributed by atoms with E-state index in [0.717, 1.165) is 55.3 Å². The fraction of sp³-hybridized carbons (Fsp3) is 0.381. The lowest BCUT2D eigenvalue weighted by atomic mass is 10.1. The van der Waals surface area contributed by atoms with Crippen molar-refractivity contribution in [1.82, 2.24) is 25.3 Å². The summed E-state index contributed by atoms with van der Waals surface area (Å²) in [4.78, 5) is 14.7. The standard InChI is InChI=1S/C21H26N6O2/c1-3-27-12-10-18(25-27)21(28)22-16-5-4-11-26(14-16)20-13-19(23-24-20)15-6-8-17(29-2)9-7-15/h6-10,12-13,16H,3-5,11,14H2,1-2H3,(H,22,28)(H,23,24)/t16-/m1/s1. The number of ether oxygens (including phenoxy) is 1. The topological polar surface area (TPSA) is 88.1 Å². The molecular formula is C21H26N6O2. The quantitative estimate of drug-likeness (QED) is 0.671. The fourth-order valence-electron chi connectivity index (χ4n) is 3.61. The Hall–Kier alpha value is -3.29. The van der Waals surface area contributed by atoms with E-state index in [1.807, 2.05) is 37.4 Å². The van der Waals surface area contributed by atoms with Gasteiger partial charge in [-0.1, -0.05) is 0 Å². The van der Waals surface area contributed by atoms with Crippen LogP contribution in [0, 0.1) is 0 Å². The van der Waals surface area contributed by atoms with Crippen LogP contribution in [0.15, 0.2) is 42.6 Å². The van der Waals surface area contributed by atoms with E-state index >= 15 is 0 Å². The minimum absolute atomic E-state index is 0.0733. The third-order valence-electron chi connectivity index (χ3n) is 5.24. The summed E-state index contributed by atoms with van der Waals surface area (Å²) in [6, 6.07) is 11.8. The Morgan fingerprint density at radius 1 is 1.31 bits per heavy atom. The first kappa shape index (κ1) is 19.0. The number of nitrogens with one attached hydrogen (secondary N) is 2. The lowest BCUT2D eigenvalue weighted by Gasteiger charge is -2.33. The van der Waals surface area contributed by atoms with E-state index in [2.05, 4.69) is 31.6 Å². The third-order valence-corrected chi connectivity index (χ3v) is 5.24. The van der Waals surface area contributed by atoms with Crippen molar-refractivity contribution in [2.24, 2.45) is 0 Å². The van der Waals surface area contributed by atoms with E-state index in [0.29, 0.717) is 5.69 Å². The smallest absolute Gasteiger partial charge is 0.272 e. The number of hydrogen-bond acceptors (Lipinski definition) is 5. The molecule has 3 heterocycles. The third kappa shape index (κ3) is 4.26. The van der Waals surface area contributed by atoms with Crippen LogP contribution >= 0.6 is 0 Å². The summed E-state index contributed by atoms with van der Waals surface area (Å²) >= 11 is 0. The van der Waals surface area contributed by atoms with Crippen LogP contribution < -0.4 is 15.0 Å². The van der Waals surface area contributed by atoms with Crippen molar-refractivity contribution in [3.05, 3.63) is 48.3 Å². The van der Waals surface area contributed by atoms with Gasteiger partial charge in [0.15, 0.2) is 5.82 Å². The number of aromatic amines is 1. The first-order valence-corrected chi connectivity index (χ1v) is 9.95. The maximum Gasteiger partial charge on any atom is 0.272 e. The van der Waals surface area contributed by atoms with Gasteiger partial charge in [-0.2, -0.15) is 10.2 Å². The number of aryl methyl sites for hydroxylation is 1. The molecule has 0 unspecified atom stereocenters. The lowest BCUT2D eigenvalue weighted by Crippen LogP contribution is -2.48. The Balaban J connectivity index is 1.40. The molecule has 1 atom stereocenters. The van der Waals surface area contributed by atoms with Gasteiger partial charge < -0.3 is 15.0 Å². The second-order valence-corrected chi connectivity index (χ2v) is 7.18. The molecule has 1 aliphatic rings. The van der Waals surface area contributed by atoms with Crippen LogP contribution in [0.25, 0.3) is 11.3 Å². The average molecular weight is 394 g/mol. The number of benzene rings is 1. The Bertz CT molecular complexity index is 962. The molecule has 2 N–H and O–H groups in total. The lowest BCUT2D eigenvalue weighted by molar-refractivity contribution is 0.0927. The highest BCUT2D eigenvalue weighted by Crippen LogP contribution is 2.25. The molecule has 152 valence electrons. The molecule has 0 saturated carbocycles. The van der Waals surface area contributed by atoms with Crippen molar-refractivity contribution >= 4 is 11.7 Å². The Kier molecular flexibility index (Phi) is 5.50. The Morgan fingerprint density at radius 2 is 2.14 bits per heavy atom. The van der Waals surface area contributed by atoms with E-state index in [1.54, 1.807) is 17.9 Å². The van der Waals surface area contributed by atoms with E-state index in [-0.39, 0.29) is 11.9 Å². The van der Waals surface area contributed by atoms with Gasteiger partial charge >= 0.3 is 0 Å². The van der Waals surface area contributed by atoms with E-state index in [9.17, 15) is 4.79 Å². The second kappa shape index (κ2) is 8.38. The monoisotopic (exact) mass is 394 g/mol. The summed E-state index contributed by atoms with van der Waals surface area (Å²) in [5, 5.41) is 15.0. The van der Waals surface area contributed by atoms with Crippen LogP contribution in [0.5, 0.6) is 5.75 Å². The van der Waals surface area contributed by atoms with Gasteiger partial charge in [0.05, 0.1) is 12.8 Å². The minimum atomic E-state index is -0.120. The summed E-state index contributed by atoms with van der Waals surface area (Å²) in [6.45, 7) is 4.40. The SMILES string of the molecule is CCn1ccc(C(=O)N[C@@H]2CCCN(c3cc(-c4ccc(OC)cc4)[nH]n3)C2)n1. The number of methoxy groups -OCH3 is 1. The highest BCUT2D eigenvalue weighted by molar-refractivity contribution is 5.92. The van der Waals surface area contributed by atoms with Crippen LogP contribution in [-0.2, 0) is 6.54 Å². The van der Waals surface area contributed by atoms with Crippen molar-refractivity contribution in [3.8, 4) is 17.0 Å². The molecule has 0 spiro atoms. The number of anilines is 1. The number of carbonyl (C=O) groups excluding carboxylic acids is 1. The maximum atomic E-state index is 12.5. The van der Waals surface area contributed by atoms with Gasteiger partial charge in [0.25, 0.3) is 5.91 Å². The number of rotatable bonds is 6. The molecule has 2 aromatic heterocycles. The summed E-state index contributed by atoms with van der Waals surface area (Å²) in [7, 11) is 1.66. The molecule has 1 saturated heterocycles. The van der Waals surface area contributed by atoms with Crippen LogP contribution in [0.1, 0.15) is 30.3 Å². The minimum Gasteiger partial charge on any atom is -0.497 e. The number of hydrogen-bond donors (Lipinski definition) is 2. The summed E-state index contributed by atoms with van der Waals surface area (Å²) in [5.74, 6) is 1.60. The van der Waals surface area contributed by atoms with Crippen molar-refractivity contribution in [2.45, 2.75) is 32.4 Å². The van der Waals surface area contributed by atoms with E-state index in [4.69, 9.17) is 4.74 Å². The van der Waals surface area contributed by atoms with Gasteiger partial charge in [-0.25, -0.2) is 0 Å². The largest absolute Gasteiger partial charge is 0.497 e. The zero-order valence-electron chi connectivity index (χ0n) is 16.8. The molecule has 0 aliphatic carbocycles. The van der Waals surface area contributed by atoms with Gasteiger partial charge in [-0.15, -0.1) is 0 Å². The van der Waals surface area contributed by atoms with Gasteiger partial charge in [0.2, 0.25) is 0 Å². The van der Waals surface area contributed by atoms with Crippen LogP contribution in [0.4, 0.5) is 5.82 Å². The number of H-pyrrole nitrogens is 1. The molecule has 4 rings (SSSR count). The fourth-order valence-corrected chi connectivity index (χ4v) is 3.61. The average Bonchev–Trinajstić information content (AvgIpc) is 3.44. The van der Waals surface area contributed by atoms with Crippen LogP contribution in [0.2, 0.25) is 0 Å². The number of nitrogens with zero attached hydrogens (tertiary/aromatic N) is 4. The van der Waals surface area contributed by atoms with Crippen molar-refractivity contribution in [2.75, 3.05) is 25.1 Å². The summed E-state index contributed by atoms with van der Waals surface area (Å²) < 4.78 is 6.97. The first-order chi connectivity index (χ1) is 14.2. The molecule has 0 bridgehead atoms. The molecule has 1 aromatic carbocycles. The van der Waals surface area contributed by atoms with Crippen LogP contribution in [0.3, 0.4) is 0 Å². The molecule has 8 heteroatoms. The summed E-state index contributed by atoms with van der Waals surface area (Å²) in [5.41, 5.74) is 2.47.